The first-order valence-corrected chi connectivity index (χ1v) is 6.34. The molecule has 0 aliphatic carbocycles. The predicted octanol–water partition coefficient (Wildman–Crippen LogP) is 2.24. The Morgan fingerprint density at radius 1 is 0.895 bits per heavy atom. The van der Waals surface area contributed by atoms with Crippen LogP contribution in [0.4, 0.5) is 0 Å². The third kappa shape index (κ3) is 3.10. The van der Waals surface area contributed by atoms with E-state index in [-0.39, 0.29) is 26.4 Å². The van der Waals surface area contributed by atoms with Crippen molar-refractivity contribution in [3.05, 3.63) is 35.4 Å². The molecule has 19 heavy (non-hydrogen) atoms. The molecule has 0 aliphatic rings. The molecular weight excluding hydrogens is 268 g/mol. The first-order chi connectivity index (χ1) is 9.27. The van der Waals surface area contributed by atoms with Crippen LogP contribution in [-0.4, -0.2) is 36.6 Å². The van der Waals surface area contributed by atoms with Gasteiger partial charge in [0.15, 0.2) is 0 Å². The van der Waals surface area contributed by atoms with Crippen molar-refractivity contribution in [3.63, 3.8) is 0 Å². The number of rotatable bonds is 6. The van der Waals surface area contributed by atoms with Gasteiger partial charge in [0.05, 0.1) is 18.2 Å². The zero-order chi connectivity index (χ0) is 13.7. The molecule has 0 heterocycles. The zero-order valence-corrected chi connectivity index (χ0v) is 11.1. The van der Waals surface area contributed by atoms with Gasteiger partial charge in [0.25, 0.3) is 0 Å². The van der Waals surface area contributed by atoms with Crippen molar-refractivity contribution < 1.29 is 19.7 Å². The van der Waals surface area contributed by atoms with Gasteiger partial charge in [-0.2, -0.15) is 0 Å². The standard InChI is InChI=1S/C14H15ClO4/c15-12-5-4-10-11(14(12)19-9-7-17)2-1-3-13(10)18-8-6-16/h1-5,16-17H,6-9H2. The number of hydrogen-bond donors (Lipinski definition) is 2. The highest BCUT2D eigenvalue weighted by molar-refractivity contribution is 6.33. The lowest BCUT2D eigenvalue weighted by molar-refractivity contribution is 0.201. The van der Waals surface area contributed by atoms with Crippen LogP contribution in [0.2, 0.25) is 5.02 Å². The number of fused-ring (bicyclic) bond motifs is 1. The zero-order valence-electron chi connectivity index (χ0n) is 10.3. The highest BCUT2D eigenvalue weighted by Gasteiger charge is 2.10. The molecule has 2 N–H and O–H groups in total. The summed E-state index contributed by atoms with van der Waals surface area (Å²) in [6.45, 7) is 0.292. The van der Waals surface area contributed by atoms with E-state index in [1.165, 1.54) is 0 Å². The molecule has 0 atom stereocenters. The van der Waals surface area contributed by atoms with Crippen molar-refractivity contribution in [2.75, 3.05) is 26.4 Å². The van der Waals surface area contributed by atoms with Gasteiger partial charge in [-0.15, -0.1) is 0 Å². The minimum absolute atomic E-state index is 0.0438. The van der Waals surface area contributed by atoms with Gasteiger partial charge in [-0.3, -0.25) is 0 Å². The first-order valence-electron chi connectivity index (χ1n) is 5.96. The Labute approximate surface area is 116 Å². The van der Waals surface area contributed by atoms with Crippen molar-refractivity contribution in [2.45, 2.75) is 0 Å². The van der Waals surface area contributed by atoms with Crippen LogP contribution in [-0.2, 0) is 0 Å². The van der Waals surface area contributed by atoms with Crippen molar-refractivity contribution in [1.82, 2.24) is 0 Å². The number of benzene rings is 2. The number of hydrogen-bond acceptors (Lipinski definition) is 4. The van der Waals surface area contributed by atoms with Crippen LogP contribution in [0.5, 0.6) is 11.5 Å². The van der Waals surface area contributed by atoms with Gasteiger partial charge >= 0.3 is 0 Å². The molecule has 0 aliphatic heterocycles. The van der Waals surface area contributed by atoms with E-state index in [1.54, 1.807) is 6.07 Å². The van der Waals surface area contributed by atoms with E-state index in [9.17, 15) is 0 Å². The van der Waals surface area contributed by atoms with E-state index in [4.69, 9.17) is 31.3 Å². The average Bonchev–Trinajstić information content (AvgIpc) is 2.44. The summed E-state index contributed by atoms with van der Waals surface area (Å²) in [7, 11) is 0. The molecule has 2 aromatic rings. The summed E-state index contributed by atoms with van der Waals surface area (Å²) < 4.78 is 10.9. The molecule has 5 heteroatoms. The summed E-state index contributed by atoms with van der Waals surface area (Å²) in [5.41, 5.74) is 0. The molecule has 0 bridgehead atoms. The second kappa shape index (κ2) is 6.61. The average molecular weight is 283 g/mol. The van der Waals surface area contributed by atoms with Gasteiger partial charge in [-0.25, -0.2) is 0 Å². The molecule has 0 fully saturated rings. The second-order valence-corrected chi connectivity index (χ2v) is 4.28. The molecule has 102 valence electrons. The molecule has 2 aromatic carbocycles. The summed E-state index contributed by atoms with van der Waals surface area (Å²) in [6.07, 6.45) is 0. The van der Waals surface area contributed by atoms with Gasteiger partial charge in [0, 0.05) is 10.8 Å². The lowest BCUT2D eigenvalue weighted by atomic mass is 10.1. The summed E-state index contributed by atoms with van der Waals surface area (Å²) in [6, 6.07) is 9.09. The largest absolute Gasteiger partial charge is 0.491 e. The molecule has 0 spiro atoms. The van der Waals surface area contributed by atoms with Crippen molar-refractivity contribution in [3.8, 4) is 11.5 Å². The van der Waals surface area contributed by atoms with Crippen molar-refractivity contribution >= 4 is 22.4 Å². The summed E-state index contributed by atoms with van der Waals surface area (Å²) in [4.78, 5) is 0. The second-order valence-electron chi connectivity index (χ2n) is 3.87. The minimum Gasteiger partial charge on any atom is -0.491 e. The normalized spacial score (nSPS) is 10.7. The number of aliphatic hydroxyl groups is 2. The quantitative estimate of drug-likeness (QED) is 0.853. The molecule has 0 amide bonds. The smallest absolute Gasteiger partial charge is 0.145 e. The molecular formula is C14H15ClO4. The van der Waals surface area contributed by atoms with Crippen LogP contribution in [0.25, 0.3) is 10.8 Å². The van der Waals surface area contributed by atoms with Crippen LogP contribution >= 0.6 is 11.6 Å². The van der Waals surface area contributed by atoms with Crippen LogP contribution in [0.3, 0.4) is 0 Å². The SMILES string of the molecule is OCCOc1cccc2c(OCCO)c(Cl)ccc12. The maximum Gasteiger partial charge on any atom is 0.145 e. The van der Waals surface area contributed by atoms with Gasteiger partial charge in [-0.1, -0.05) is 23.7 Å². The highest BCUT2D eigenvalue weighted by Crippen LogP contribution is 2.37. The Morgan fingerprint density at radius 3 is 2.37 bits per heavy atom. The fraction of sp³-hybridized carbons (Fsp3) is 0.286. The van der Waals surface area contributed by atoms with Gasteiger partial charge < -0.3 is 19.7 Å². The molecule has 2 rings (SSSR count). The lowest BCUT2D eigenvalue weighted by Crippen LogP contribution is -2.04. The Balaban J connectivity index is 2.46. The Hall–Kier alpha value is -1.49. The molecule has 0 saturated carbocycles. The van der Waals surface area contributed by atoms with Gasteiger partial charge in [-0.05, 0) is 18.2 Å². The van der Waals surface area contributed by atoms with E-state index in [2.05, 4.69) is 0 Å². The first kappa shape index (κ1) is 13.9. The van der Waals surface area contributed by atoms with E-state index in [1.807, 2.05) is 24.3 Å². The monoisotopic (exact) mass is 282 g/mol. The van der Waals surface area contributed by atoms with Crippen LogP contribution in [0, 0.1) is 0 Å². The maximum atomic E-state index is 8.84. The van der Waals surface area contributed by atoms with Crippen LogP contribution in [0.15, 0.2) is 30.3 Å². The molecule has 0 radical (unpaired) electrons. The minimum atomic E-state index is -0.0760. The lowest BCUT2D eigenvalue weighted by Gasteiger charge is -2.13. The molecule has 0 unspecified atom stereocenters. The van der Waals surface area contributed by atoms with Crippen molar-refractivity contribution in [2.24, 2.45) is 0 Å². The maximum absolute atomic E-state index is 8.84. The summed E-state index contributed by atoms with van der Waals surface area (Å²) in [5, 5.41) is 19.8. The van der Waals surface area contributed by atoms with E-state index in [0.29, 0.717) is 16.5 Å². The van der Waals surface area contributed by atoms with Gasteiger partial charge in [0.1, 0.15) is 24.7 Å². The molecule has 4 nitrogen and oxygen atoms in total. The van der Waals surface area contributed by atoms with E-state index < -0.39 is 0 Å². The van der Waals surface area contributed by atoms with Crippen molar-refractivity contribution in [1.29, 1.82) is 0 Å². The topological polar surface area (TPSA) is 58.9 Å². The van der Waals surface area contributed by atoms with E-state index >= 15 is 0 Å². The Bertz CT molecular complexity index is 556. The fourth-order valence-corrected chi connectivity index (χ4v) is 2.07. The highest BCUT2D eigenvalue weighted by atomic mass is 35.5. The summed E-state index contributed by atoms with van der Waals surface area (Å²) in [5.74, 6) is 1.19. The van der Waals surface area contributed by atoms with E-state index in [0.717, 1.165) is 10.8 Å². The van der Waals surface area contributed by atoms with Gasteiger partial charge in [0.2, 0.25) is 0 Å². The summed E-state index contributed by atoms with van der Waals surface area (Å²) >= 11 is 6.11. The number of halogens is 1. The van der Waals surface area contributed by atoms with Crippen LogP contribution < -0.4 is 9.47 Å². The van der Waals surface area contributed by atoms with Crippen LogP contribution in [0.1, 0.15) is 0 Å². The predicted molar refractivity (Wildman–Crippen MR) is 74.1 cm³/mol. The third-order valence-corrected chi connectivity index (χ3v) is 2.91. The number of ether oxygens (including phenoxy) is 2. The Kier molecular flexibility index (Phi) is 4.85. The molecule has 0 aromatic heterocycles. The molecule has 0 saturated heterocycles. The number of aliphatic hydroxyl groups excluding tert-OH is 2. The Morgan fingerprint density at radius 2 is 1.63 bits per heavy atom. The fourth-order valence-electron chi connectivity index (χ4n) is 1.85. The third-order valence-electron chi connectivity index (χ3n) is 2.61.